The van der Waals surface area contributed by atoms with E-state index in [-0.39, 0.29) is 5.97 Å². The van der Waals surface area contributed by atoms with Crippen molar-refractivity contribution in [3.63, 3.8) is 0 Å². The fourth-order valence-corrected chi connectivity index (χ4v) is 2.82. The molecule has 6 heteroatoms. The van der Waals surface area contributed by atoms with E-state index < -0.39 is 0 Å². The standard InChI is InChI=1S/C15H19N3O2S/c1-4-20-15(19)11-5-6-12(16)13(7-11)18(3)8-14-10(2)17-9-21-14/h5-7,9H,4,8,16H2,1-3H3. The third kappa shape index (κ3) is 3.52. The molecule has 0 radical (unpaired) electrons. The van der Waals surface area contributed by atoms with Crippen molar-refractivity contribution in [2.24, 2.45) is 0 Å². The van der Waals surface area contributed by atoms with Crippen molar-refractivity contribution < 1.29 is 9.53 Å². The lowest BCUT2D eigenvalue weighted by Gasteiger charge is -2.21. The van der Waals surface area contributed by atoms with Gasteiger partial charge in [-0.1, -0.05) is 0 Å². The van der Waals surface area contributed by atoms with E-state index in [9.17, 15) is 4.79 Å². The van der Waals surface area contributed by atoms with E-state index >= 15 is 0 Å². The highest BCUT2D eigenvalue weighted by atomic mass is 32.1. The number of carbonyl (C=O) groups is 1. The fourth-order valence-electron chi connectivity index (χ4n) is 1.99. The van der Waals surface area contributed by atoms with Crippen molar-refractivity contribution in [2.75, 3.05) is 24.3 Å². The zero-order valence-corrected chi connectivity index (χ0v) is 13.2. The molecule has 0 aliphatic carbocycles. The third-order valence-corrected chi connectivity index (χ3v) is 4.10. The topological polar surface area (TPSA) is 68.5 Å². The Morgan fingerprint density at radius 2 is 2.24 bits per heavy atom. The van der Waals surface area contributed by atoms with Gasteiger partial charge in [-0.05, 0) is 32.0 Å². The number of nitrogens with zero attached hydrogens (tertiary/aromatic N) is 2. The molecule has 0 saturated heterocycles. The SMILES string of the molecule is CCOC(=O)c1ccc(N)c(N(C)Cc2scnc2C)c1. The Kier molecular flexibility index (Phi) is 4.80. The molecule has 1 aromatic carbocycles. The summed E-state index contributed by atoms with van der Waals surface area (Å²) >= 11 is 1.61. The van der Waals surface area contributed by atoms with Crippen molar-refractivity contribution >= 4 is 28.7 Å². The number of nitrogens with two attached hydrogens (primary N) is 1. The van der Waals surface area contributed by atoms with Gasteiger partial charge < -0.3 is 15.4 Å². The maximum absolute atomic E-state index is 11.8. The number of rotatable bonds is 5. The molecule has 1 aromatic heterocycles. The molecule has 2 N–H and O–H groups in total. The van der Waals surface area contributed by atoms with Gasteiger partial charge in [0.25, 0.3) is 0 Å². The molecule has 0 aliphatic heterocycles. The molecule has 0 atom stereocenters. The Morgan fingerprint density at radius 3 is 2.86 bits per heavy atom. The molecular weight excluding hydrogens is 286 g/mol. The predicted molar refractivity (Wildman–Crippen MR) is 85.8 cm³/mol. The number of ether oxygens (including phenoxy) is 1. The Hall–Kier alpha value is -2.08. The summed E-state index contributed by atoms with van der Waals surface area (Å²) in [6, 6.07) is 5.18. The molecule has 1 heterocycles. The van der Waals surface area contributed by atoms with Gasteiger partial charge in [-0.2, -0.15) is 0 Å². The van der Waals surface area contributed by atoms with Gasteiger partial charge in [-0.15, -0.1) is 11.3 Å². The van der Waals surface area contributed by atoms with Crippen LogP contribution in [0.2, 0.25) is 0 Å². The Morgan fingerprint density at radius 1 is 1.48 bits per heavy atom. The van der Waals surface area contributed by atoms with Crippen LogP contribution in [0.4, 0.5) is 11.4 Å². The molecule has 2 rings (SSSR count). The van der Waals surface area contributed by atoms with E-state index in [4.69, 9.17) is 10.5 Å². The monoisotopic (exact) mass is 305 g/mol. The second-order valence-corrected chi connectivity index (χ2v) is 5.65. The van der Waals surface area contributed by atoms with Crippen molar-refractivity contribution in [3.8, 4) is 0 Å². The Bertz CT molecular complexity index is 640. The highest BCUT2D eigenvalue weighted by Gasteiger charge is 2.13. The minimum absolute atomic E-state index is 0.332. The van der Waals surface area contributed by atoms with Crippen LogP contribution in [0.15, 0.2) is 23.7 Å². The number of hydrogen-bond acceptors (Lipinski definition) is 6. The summed E-state index contributed by atoms with van der Waals surface area (Å²) in [5.41, 5.74) is 10.8. The van der Waals surface area contributed by atoms with Crippen molar-refractivity contribution in [1.82, 2.24) is 4.98 Å². The molecule has 0 unspecified atom stereocenters. The summed E-state index contributed by atoms with van der Waals surface area (Å²) in [5.74, 6) is -0.332. The van der Waals surface area contributed by atoms with Gasteiger partial charge in [-0.3, -0.25) is 0 Å². The van der Waals surface area contributed by atoms with Gasteiger partial charge in [0.05, 0.1) is 41.3 Å². The first-order chi connectivity index (χ1) is 10.0. The summed E-state index contributed by atoms with van der Waals surface area (Å²) in [6.07, 6.45) is 0. The van der Waals surface area contributed by atoms with Crippen molar-refractivity contribution in [2.45, 2.75) is 20.4 Å². The molecule has 2 aromatic rings. The molecular formula is C15H19N3O2S. The average Bonchev–Trinajstić information content (AvgIpc) is 2.85. The minimum atomic E-state index is -0.332. The first-order valence-electron chi connectivity index (χ1n) is 6.69. The van der Waals surface area contributed by atoms with Gasteiger partial charge in [0.1, 0.15) is 0 Å². The van der Waals surface area contributed by atoms with E-state index in [2.05, 4.69) is 4.98 Å². The molecule has 0 bridgehead atoms. The molecule has 0 aliphatic rings. The van der Waals surface area contributed by atoms with Gasteiger partial charge in [-0.25, -0.2) is 9.78 Å². The largest absolute Gasteiger partial charge is 0.462 e. The summed E-state index contributed by atoms with van der Waals surface area (Å²) < 4.78 is 5.02. The maximum atomic E-state index is 11.8. The summed E-state index contributed by atoms with van der Waals surface area (Å²) in [4.78, 5) is 19.2. The van der Waals surface area contributed by atoms with E-state index in [0.717, 1.165) is 11.4 Å². The van der Waals surface area contributed by atoms with Crippen LogP contribution in [0.25, 0.3) is 0 Å². The van der Waals surface area contributed by atoms with Crippen molar-refractivity contribution in [1.29, 1.82) is 0 Å². The van der Waals surface area contributed by atoms with Gasteiger partial charge in [0.2, 0.25) is 0 Å². The number of anilines is 2. The lowest BCUT2D eigenvalue weighted by Crippen LogP contribution is -2.18. The maximum Gasteiger partial charge on any atom is 0.338 e. The third-order valence-electron chi connectivity index (χ3n) is 3.18. The normalized spacial score (nSPS) is 10.4. The number of esters is 1. The molecule has 5 nitrogen and oxygen atoms in total. The zero-order chi connectivity index (χ0) is 15.4. The quantitative estimate of drug-likeness (QED) is 0.679. The highest BCUT2D eigenvalue weighted by Crippen LogP contribution is 2.26. The number of aryl methyl sites for hydroxylation is 1. The highest BCUT2D eigenvalue weighted by molar-refractivity contribution is 7.09. The Labute approximate surface area is 128 Å². The lowest BCUT2D eigenvalue weighted by atomic mass is 10.1. The summed E-state index contributed by atoms with van der Waals surface area (Å²) in [7, 11) is 1.94. The minimum Gasteiger partial charge on any atom is -0.462 e. The summed E-state index contributed by atoms with van der Waals surface area (Å²) in [5, 5.41) is 0. The second-order valence-electron chi connectivity index (χ2n) is 4.71. The molecule has 0 amide bonds. The van der Waals surface area contributed by atoms with Crippen LogP contribution < -0.4 is 10.6 Å². The number of nitrogen functional groups attached to an aromatic ring is 1. The smallest absolute Gasteiger partial charge is 0.338 e. The van der Waals surface area contributed by atoms with Crippen LogP contribution in [0, 0.1) is 6.92 Å². The van der Waals surface area contributed by atoms with Crippen LogP contribution >= 0.6 is 11.3 Å². The molecule has 0 spiro atoms. The average molecular weight is 305 g/mol. The zero-order valence-electron chi connectivity index (χ0n) is 12.4. The van der Waals surface area contributed by atoms with Crippen LogP contribution in [0.5, 0.6) is 0 Å². The predicted octanol–water partition coefficient (Wildman–Crippen LogP) is 2.85. The van der Waals surface area contributed by atoms with E-state index in [1.54, 1.807) is 36.5 Å². The molecule has 0 fully saturated rings. The first kappa shape index (κ1) is 15.3. The van der Waals surface area contributed by atoms with E-state index in [0.29, 0.717) is 24.4 Å². The van der Waals surface area contributed by atoms with E-state index in [1.165, 1.54) is 4.88 Å². The van der Waals surface area contributed by atoms with Gasteiger partial charge >= 0.3 is 5.97 Å². The number of thiazole rings is 1. The van der Waals surface area contributed by atoms with Gasteiger partial charge in [0.15, 0.2) is 0 Å². The molecule has 0 saturated carbocycles. The number of carbonyl (C=O) groups excluding carboxylic acids is 1. The van der Waals surface area contributed by atoms with Crippen LogP contribution in [-0.4, -0.2) is 24.6 Å². The number of hydrogen-bond donors (Lipinski definition) is 1. The van der Waals surface area contributed by atoms with Gasteiger partial charge in [0, 0.05) is 11.9 Å². The fraction of sp³-hybridized carbons (Fsp3) is 0.333. The lowest BCUT2D eigenvalue weighted by molar-refractivity contribution is 0.0526. The van der Waals surface area contributed by atoms with Crippen LogP contribution in [-0.2, 0) is 11.3 Å². The second kappa shape index (κ2) is 6.58. The molecule has 21 heavy (non-hydrogen) atoms. The van der Waals surface area contributed by atoms with Crippen LogP contribution in [0.1, 0.15) is 27.9 Å². The van der Waals surface area contributed by atoms with Crippen LogP contribution in [0.3, 0.4) is 0 Å². The summed E-state index contributed by atoms with van der Waals surface area (Å²) in [6.45, 7) is 4.83. The Balaban J connectivity index is 2.23. The van der Waals surface area contributed by atoms with E-state index in [1.807, 2.05) is 24.4 Å². The number of benzene rings is 1. The van der Waals surface area contributed by atoms with Crippen molar-refractivity contribution in [3.05, 3.63) is 39.8 Å². The number of aromatic nitrogens is 1. The first-order valence-corrected chi connectivity index (χ1v) is 7.57. The molecule has 112 valence electrons.